The number of hydrogen-bond acceptors (Lipinski definition) is 1. The molecule has 0 aromatic carbocycles. The fraction of sp³-hybridized carbons (Fsp3) is 0.909. The number of nitrogens with one attached hydrogen (secondary N) is 1. The SMILES string of the molecule is N=C1CCC(C2CCCC2)CC1. The van der Waals surface area contributed by atoms with Gasteiger partial charge in [0.2, 0.25) is 0 Å². The molecule has 0 heterocycles. The highest BCUT2D eigenvalue weighted by Gasteiger charge is 2.27. The summed E-state index contributed by atoms with van der Waals surface area (Å²) in [7, 11) is 0. The molecule has 0 aromatic rings. The molecule has 1 N–H and O–H groups in total. The Morgan fingerprint density at radius 2 is 1.33 bits per heavy atom. The van der Waals surface area contributed by atoms with Crippen LogP contribution in [0.4, 0.5) is 0 Å². The quantitative estimate of drug-likeness (QED) is 0.616. The van der Waals surface area contributed by atoms with Crippen LogP contribution in [0.15, 0.2) is 0 Å². The van der Waals surface area contributed by atoms with Gasteiger partial charge in [0.15, 0.2) is 0 Å². The molecule has 68 valence electrons. The van der Waals surface area contributed by atoms with Crippen LogP contribution in [0.3, 0.4) is 0 Å². The zero-order valence-corrected chi connectivity index (χ0v) is 7.81. The molecule has 12 heavy (non-hydrogen) atoms. The standard InChI is InChI=1S/C11H19N/c12-11-7-5-10(6-8-11)9-3-1-2-4-9/h9-10,12H,1-8H2. The highest BCUT2D eigenvalue weighted by Crippen LogP contribution is 2.38. The minimum atomic E-state index is 0.988. The zero-order chi connectivity index (χ0) is 8.39. The van der Waals surface area contributed by atoms with E-state index in [0.29, 0.717) is 0 Å². The van der Waals surface area contributed by atoms with Gasteiger partial charge in [-0.05, 0) is 37.5 Å². The molecule has 0 amide bonds. The van der Waals surface area contributed by atoms with Crippen molar-refractivity contribution in [3.63, 3.8) is 0 Å². The lowest BCUT2D eigenvalue weighted by Gasteiger charge is -2.27. The van der Waals surface area contributed by atoms with E-state index in [1.54, 1.807) is 0 Å². The smallest absolute Gasteiger partial charge is 0.00893 e. The molecule has 2 aliphatic carbocycles. The van der Waals surface area contributed by atoms with Crippen LogP contribution < -0.4 is 0 Å². The Bertz CT molecular complexity index is 158. The Kier molecular flexibility index (Phi) is 2.48. The van der Waals surface area contributed by atoms with Crippen molar-refractivity contribution >= 4 is 5.71 Å². The van der Waals surface area contributed by atoms with Crippen LogP contribution in [0.2, 0.25) is 0 Å². The maximum atomic E-state index is 7.55. The third kappa shape index (κ3) is 1.70. The largest absolute Gasteiger partial charge is 0.310 e. The van der Waals surface area contributed by atoms with Crippen molar-refractivity contribution in [1.82, 2.24) is 0 Å². The van der Waals surface area contributed by atoms with Gasteiger partial charge in [-0.25, -0.2) is 0 Å². The second-order valence-electron chi connectivity index (χ2n) is 4.49. The predicted molar refractivity (Wildman–Crippen MR) is 51.6 cm³/mol. The number of rotatable bonds is 1. The van der Waals surface area contributed by atoms with Crippen LogP contribution in [-0.4, -0.2) is 5.71 Å². The van der Waals surface area contributed by atoms with E-state index in [0.717, 1.165) is 30.4 Å². The van der Waals surface area contributed by atoms with E-state index in [-0.39, 0.29) is 0 Å². The summed E-state index contributed by atoms with van der Waals surface area (Å²) < 4.78 is 0. The summed E-state index contributed by atoms with van der Waals surface area (Å²) in [5, 5.41) is 7.55. The average molecular weight is 165 g/mol. The second-order valence-corrected chi connectivity index (χ2v) is 4.49. The summed E-state index contributed by atoms with van der Waals surface area (Å²) in [6.07, 6.45) is 10.8. The number of hydrogen-bond donors (Lipinski definition) is 1. The molecule has 2 rings (SSSR count). The Hall–Kier alpha value is -0.330. The van der Waals surface area contributed by atoms with Crippen LogP contribution in [0, 0.1) is 17.2 Å². The minimum Gasteiger partial charge on any atom is -0.310 e. The first-order valence-electron chi connectivity index (χ1n) is 5.42. The van der Waals surface area contributed by atoms with Gasteiger partial charge in [-0.3, -0.25) is 0 Å². The Morgan fingerprint density at radius 1 is 0.833 bits per heavy atom. The summed E-state index contributed by atoms with van der Waals surface area (Å²) in [6.45, 7) is 0. The minimum absolute atomic E-state index is 0.988. The summed E-state index contributed by atoms with van der Waals surface area (Å²) in [6, 6.07) is 0. The fourth-order valence-electron chi connectivity index (χ4n) is 2.89. The highest BCUT2D eigenvalue weighted by molar-refractivity contribution is 5.81. The normalized spacial score (nSPS) is 32.7. The summed E-state index contributed by atoms with van der Waals surface area (Å²) in [4.78, 5) is 0. The molecular formula is C11H19N. The lowest BCUT2D eigenvalue weighted by molar-refractivity contribution is 0.294. The van der Waals surface area contributed by atoms with Crippen molar-refractivity contribution in [1.29, 1.82) is 5.41 Å². The molecule has 1 nitrogen and oxygen atoms in total. The molecule has 0 atom stereocenters. The maximum absolute atomic E-state index is 7.55. The summed E-state index contributed by atoms with van der Waals surface area (Å²) in [5.74, 6) is 2.03. The van der Waals surface area contributed by atoms with Crippen LogP contribution in [0.25, 0.3) is 0 Å². The molecule has 2 aliphatic rings. The Labute approximate surface area is 75.1 Å². The van der Waals surface area contributed by atoms with E-state index in [9.17, 15) is 0 Å². The third-order valence-electron chi connectivity index (χ3n) is 3.70. The van der Waals surface area contributed by atoms with Gasteiger partial charge in [-0.2, -0.15) is 0 Å². The lowest BCUT2D eigenvalue weighted by Crippen LogP contribution is -2.19. The van der Waals surface area contributed by atoms with Crippen molar-refractivity contribution in [3.8, 4) is 0 Å². The van der Waals surface area contributed by atoms with E-state index in [2.05, 4.69) is 0 Å². The van der Waals surface area contributed by atoms with E-state index < -0.39 is 0 Å². The molecule has 0 saturated heterocycles. The molecule has 0 bridgehead atoms. The van der Waals surface area contributed by atoms with E-state index >= 15 is 0 Å². The van der Waals surface area contributed by atoms with Gasteiger partial charge >= 0.3 is 0 Å². The van der Waals surface area contributed by atoms with E-state index in [1.165, 1.54) is 38.5 Å². The van der Waals surface area contributed by atoms with Gasteiger partial charge in [-0.15, -0.1) is 0 Å². The molecular weight excluding hydrogens is 146 g/mol. The van der Waals surface area contributed by atoms with Crippen molar-refractivity contribution in [3.05, 3.63) is 0 Å². The molecule has 0 aliphatic heterocycles. The van der Waals surface area contributed by atoms with Crippen molar-refractivity contribution < 1.29 is 0 Å². The molecule has 0 radical (unpaired) electrons. The Balaban J connectivity index is 1.84. The molecule has 1 heteroatoms. The molecule has 2 saturated carbocycles. The van der Waals surface area contributed by atoms with Crippen LogP contribution in [-0.2, 0) is 0 Å². The summed E-state index contributed by atoms with van der Waals surface area (Å²) >= 11 is 0. The second kappa shape index (κ2) is 3.59. The van der Waals surface area contributed by atoms with Crippen LogP contribution in [0.1, 0.15) is 51.4 Å². The predicted octanol–water partition coefficient (Wildman–Crippen LogP) is 3.39. The van der Waals surface area contributed by atoms with Gasteiger partial charge in [0.05, 0.1) is 0 Å². The van der Waals surface area contributed by atoms with Gasteiger partial charge < -0.3 is 5.41 Å². The first-order valence-corrected chi connectivity index (χ1v) is 5.42. The summed E-state index contributed by atoms with van der Waals surface area (Å²) in [5.41, 5.74) is 1.00. The topological polar surface area (TPSA) is 23.9 Å². The lowest BCUT2D eigenvalue weighted by atomic mass is 9.78. The Morgan fingerprint density at radius 3 is 1.92 bits per heavy atom. The third-order valence-corrected chi connectivity index (χ3v) is 3.70. The van der Waals surface area contributed by atoms with E-state index in [4.69, 9.17) is 5.41 Å². The van der Waals surface area contributed by atoms with Gasteiger partial charge in [-0.1, -0.05) is 25.7 Å². The first kappa shape index (κ1) is 8.28. The van der Waals surface area contributed by atoms with Crippen LogP contribution in [0.5, 0.6) is 0 Å². The maximum Gasteiger partial charge on any atom is 0.00893 e. The van der Waals surface area contributed by atoms with E-state index in [1.807, 2.05) is 0 Å². The first-order chi connectivity index (χ1) is 5.86. The average Bonchev–Trinajstić information content (AvgIpc) is 2.58. The zero-order valence-electron chi connectivity index (χ0n) is 7.81. The molecule has 0 aromatic heterocycles. The monoisotopic (exact) mass is 165 g/mol. The van der Waals surface area contributed by atoms with Crippen molar-refractivity contribution in [2.24, 2.45) is 11.8 Å². The van der Waals surface area contributed by atoms with Crippen LogP contribution >= 0.6 is 0 Å². The highest BCUT2D eigenvalue weighted by atomic mass is 14.4. The molecule has 2 fully saturated rings. The van der Waals surface area contributed by atoms with Crippen molar-refractivity contribution in [2.75, 3.05) is 0 Å². The van der Waals surface area contributed by atoms with Gasteiger partial charge in [0.25, 0.3) is 0 Å². The molecule has 0 spiro atoms. The van der Waals surface area contributed by atoms with Crippen molar-refractivity contribution in [2.45, 2.75) is 51.4 Å². The van der Waals surface area contributed by atoms with Gasteiger partial charge in [0.1, 0.15) is 0 Å². The van der Waals surface area contributed by atoms with Gasteiger partial charge in [0, 0.05) is 5.71 Å². The fourth-order valence-corrected chi connectivity index (χ4v) is 2.89. The molecule has 0 unspecified atom stereocenters.